The van der Waals surface area contributed by atoms with Crippen molar-refractivity contribution in [3.8, 4) is 6.07 Å². The zero-order chi connectivity index (χ0) is 17.8. The number of H-pyrrole nitrogens is 1. The molecule has 0 amide bonds. The average Bonchev–Trinajstić information content (AvgIpc) is 3.04. The van der Waals surface area contributed by atoms with Crippen LogP contribution in [-0.2, 0) is 0 Å². The molecule has 1 aromatic heterocycles. The summed E-state index contributed by atoms with van der Waals surface area (Å²) in [6, 6.07) is 13.3. The van der Waals surface area contributed by atoms with Gasteiger partial charge < -0.3 is 4.98 Å². The van der Waals surface area contributed by atoms with Crippen molar-refractivity contribution in [2.24, 2.45) is 0 Å². The standard InChI is InChI=1S/C20H14ClN3S/c1-3-25-20-7-4-13(11-22)8-14(20)9-19(23-2)17-12-24-18-6-5-15(21)10-16(17)18/h4-10,12,24H,3H2,1H3/b19-9-. The fraction of sp³-hybridized carbons (Fsp3) is 0.100. The highest BCUT2D eigenvalue weighted by atomic mass is 35.5. The van der Waals surface area contributed by atoms with Crippen LogP contribution in [0.3, 0.4) is 0 Å². The number of aromatic amines is 1. The molecule has 0 unspecified atom stereocenters. The van der Waals surface area contributed by atoms with Gasteiger partial charge in [-0.25, -0.2) is 4.85 Å². The predicted octanol–water partition coefficient (Wildman–Crippen LogP) is 6.22. The molecule has 0 saturated heterocycles. The van der Waals surface area contributed by atoms with Gasteiger partial charge in [0.05, 0.1) is 18.2 Å². The first-order valence-electron chi connectivity index (χ1n) is 7.69. The molecule has 0 radical (unpaired) electrons. The maximum absolute atomic E-state index is 9.17. The Balaban J connectivity index is 2.17. The zero-order valence-corrected chi connectivity index (χ0v) is 15.1. The van der Waals surface area contributed by atoms with Crippen molar-refractivity contribution in [3.05, 3.63) is 75.7 Å². The first kappa shape index (κ1) is 17.2. The van der Waals surface area contributed by atoms with Gasteiger partial charge in [0.25, 0.3) is 0 Å². The Hall–Kier alpha value is -2.66. The third-order valence-corrected chi connectivity index (χ3v) is 4.98. The quantitative estimate of drug-likeness (QED) is 0.441. The van der Waals surface area contributed by atoms with Crippen LogP contribution in [0.25, 0.3) is 27.5 Å². The van der Waals surface area contributed by atoms with Gasteiger partial charge in [-0.1, -0.05) is 18.5 Å². The van der Waals surface area contributed by atoms with Crippen LogP contribution in [0.15, 0.2) is 47.5 Å². The first-order chi connectivity index (χ1) is 12.2. The van der Waals surface area contributed by atoms with Crippen LogP contribution in [0, 0.1) is 17.9 Å². The second kappa shape index (κ2) is 7.49. The highest BCUT2D eigenvalue weighted by Gasteiger charge is 2.11. The van der Waals surface area contributed by atoms with Gasteiger partial charge in [-0.2, -0.15) is 5.26 Å². The Labute approximate surface area is 155 Å². The Morgan fingerprint density at radius 2 is 2.20 bits per heavy atom. The third kappa shape index (κ3) is 3.56. The number of hydrogen-bond acceptors (Lipinski definition) is 2. The largest absolute Gasteiger partial charge is 0.362 e. The van der Waals surface area contributed by atoms with E-state index in [0.29, 0.717) is 16.3 Å². The van der Waals surface area contributed by atoms with Gasteiger partial charge in [0.15, 0.2) is 5.70 Å². The second-order valence-electron chi connectivity index (χ2n) is 5.33. The molecule has 0 bridgehead atoms. The Morgan fingerprint density at radius 3 is 2.92 bits per heavy atom. The van der Waals surface area contributed by atoms with Crippen molar-refractivity contribution in [1.29, 1.82) is 5.26 Å². The molecule has 0 fully saturated rings. The minimum atomic E-state index is 0.515. The molecular weight excluding hydrogens is 350 g/mol. The molecule has 25 heavy (non-hydrogen) atoms. The van der Waals surface area contributed by atoms with Crippen LogP contribution in [0.2, 0.25) is 5.02 Å². The van der Waals surface area contributed by atoms with Crippen LogP contribution in [0.1, 0.15) is 23.6 Å². The van der Waals surface area contributed by atoms with E-state index in [1.54, 1.807) is 17.8 Å². The lowest BCUT2D eigenvalue weighted by Gasteiger charge is -2.06. The van der Waals surface area contributed by atoms with E-state index in [1.807, 2.05) is 42.6 Å². The Morgan fingerprint density at radius 1 is 1.36 bits per heavy atom. The zero-order valence-electron chi connectivity index (χ0n) is 13.5. The molecule has 1 N–H and O–H groups in total. The van der Waals surface area contributed by atoms with Gasteiger partial charge in [0.2, 0.25) is 0 Å². The average molecular weight is 364 g/mol. The van der Waals surface area contributed by atoms with Crippen molar-refractivity contribution >= 4 is 46.0 Å². The molecule has 3 nitrogen and oxygen atoms in total. The third-order valence-electron chi connectivity index (χ3n) is 3.77. The lowest BCUT2D eigenvalue weighted by molar-refractivity contribution is 1.37. The van der Waals surface area contributed by atoms with Gasteiger partial charge in [0, 0.05) is 21.0 Å². The minimum Gasteiger partial charge on any atom is -0.362 e. The second-order valence-corrected chi connectivity index (χ2v) is 7.07. The van der Waals surface area contributed by atoms with Crippen molar-refractivity contribution < 1.29 is 0 Å². The number of nitriles is 1. The molecule has 0 spiro atoms. The molecule has 5 heteroatoms. The van der Waals surface area contributed by atoms with Gasteiger partial charge in [0.1, 0.15) is 0 Å². The number of rotatable bonds is 4. The van der Waals surface area contributed by atoms with Crippen molar-refractivity contribution in [1.82, 2.24) is 4.98 Å². The smallest absolute Gasteiger partial charge is 0.197 e. The fourth-order valence-corrected chi connectivity index (χ4v) is 3.57. The molecule has 122 valence electrons. The van der Waals surface area contributed by atoms with E-state index in [0.717, 1.165) is 32.7 Å². The van der Waals surface area contributed by atoms with Crippen LogP contribution in [-0.4, -0.2) is 10.7 Å². The van der Waals surface area contributed by atoms with E-state index in [1.165, 1.54) is 0 Å². The van der Waals surface area contributed by atoms with Crippen LogP contribution >= 0.6 is 23.4 Å². The van der Waals surface area contributed by atoms with E-state index in [4.69, 9.17) is 18.2 Å². The molecule has 3 rings (SSSR count). The van der Waals surface area contributed by atoms with E-state index in [9.17, 15) is 5.26 Å². The summed E-state index contributed by atoms with van der Waals surface area (Å²) in [4.78, 5) is 7.95. The SMILES string of the molecule is [C-]#[N+]/C(=C\c1cc(C#N)ccc1SCC)c1c[nH]c2ccc(Cl)cc12. The number of nitrogens with one attached hydrogen (secondary N) is 1. The number of benzene rings is 2. The molecule has 0 atom stereocenters. The summed E-state index contributed by atoms with van der Waals surface area (Å²) in [5.41, 5.74) is 3.72. The summed E-state index contributed by atoms with van der Waals surface area (Å²) in [5.74, 6) is 0.919. The monoisotopic (exact) mass is 363 g/mol. The first-order valence-corrected chi connectivity index (χ1v) is 9.05. The number of halogens is 1. The van der Waals surface area contributed by atoms with Crippen LogP contribution in [0.4, 0.5) is 0 Å². The van der Waals surface area contributed by atoms with E-state index >= 15 is 0 Å². The van der Waals surface area contributed by atoms with Gasteiger partial charge in [-0.3, -0.25) is 0 Å². The highest BCUT2D eigenvalue weighted by Crippen LogP contribution is 2.32. The fourth-order valence-electron chi connectivity index (χ4n) is 2.64. The molecular formula is C20H14ClN3S. The van der Waals surface area contributed by atoms with E-state index in [-0.39, 0.29) is 0 Å². The molecule has 0 saturated carbocycles. The van der Waals surface area contributed by atoms with Gasteiger partial charge in [-0.05, 0) is 65.4 Å². The maximum atomic E-state index is 9.17. The molecule has 0 aliphatic carbocycles. The summed E-state index contributed by atoms with van der Waals surface area (Å²) in [6.07, 6.45) is 3.67. The number of fused-ring (bicyclic) bond motifs is 1. The van der Waals surface area contributed by atoms with Gasteiger partial charge >= 0.3 is 0 Å². The topological polar surface area (TPSA) is 43.9 Å². The van der Waals surface area contributed by atoms with Crippen molar-refractivity contribution in [2.45, 2.75) is 11.8 Å². The highest BCUT2D eigenvalue weighted by molar-refractivity contribution is 7.99. The Bertz CT molecular complexity index is 1050. The van der Waals surface area contributed by atoms with Crippen molar-refractivity contribution in [2.75, 3.05) is 5.75 Å². The normalized spacial score (nSPS) is 11.3. The summed E-state index contributed by atoms with van der Waals surface area (Å²) in [6.45, 7) is 9.70. The minimum absolute atomic E-state index is 0.515. The summed E-state index contributed by atoms with van der Waals surface area (Å²) in [5, 5.41) is 10.7. The molecule has 2 aromatic carbocycles. The van der Waals surface area contributed by atoms with Crippen molar-refractivity contribution in [3.63, 3.8) is 0 Å². The van der Waals surface area contributed by atoms with E-state index < -0.39 is 0 Å². The van der Waals surface area contributed by atoms with Crippen LogP contribution in [0.5, 0.6) is 0 Å². The molecule has 0 aliphatic rings. The maximum Gasteiger partial charge on any atom is 0.197 e. The summed E-state index contributed by atoms with van der Waals surface area (Å²) < 4.78 is 0. The molecule has 0 aliphatic heterocycles. The predicted molar refractivity (Wildman–Crippen MR) is 105 cm³/mol. The summed E-state index contributed by atoms with van der Waals surface area (Å²) in [7, 11) is 0. The van der Waals surface area contributed by atoms with E-state index in [2.05, 4.69) is 22.8 Å². The lowest BCUT2D eigenvalue weighted by atomic mass is 10.1. The molecule has 1 heterocycles. The number of hydrogen-bond donors (Lipinski definition) is 1. The van der Waals surface area contributed by atoms with Crippen LogP contribution < -0.4 is 0 Å². The van der Waals surface area contributed by atoms with Gasteiger partial charge in [-0.15, -0.1) is 11.8 Å². The number of aromatic nitrogens is 1. The summed E-state index contributed by atoms with van der Waals surface area (Å²) >= 11 is 7.80. The number of nitrogens with zero attached hydrogens (tertiary/aromatic N) is 2. The lowest BCUT2D eigenvalue weighted by Crippen LogP contribution is -1.86. The Kier molecular flexibility index (Phi) is 5.14. The number of thioether (sulfide) groups is 1. The molecule has 3 aromatic rings.